The fourth-order valence-electron chi connectivity index (χ4n) is 5.15. The standard InChI is InChI=1S/C45H76NO8P/c1-3-5-7-9-11-13-15-17-19-21-23-25-27-29-31-33-35-37-44(48)46-39-40-53-55(50,51)54-42-43(47)41-52-45(49)38-36-34-32-30-28-26-24-22-20-18-16-14-12-10-8-6-4-2/h5,7,11-14,17-20,23,25,29,31,43,47H,3-4,6,8-10,15-16,21-22,24,26-28,30,32-42H2,1-2H3,(H,46,48)(H,50,51)/b7-5-,13-11-,14-12-,19-17-,20-18-,25-23-,31-29-. The average Bonchev–Trinajstić information content (AvgIpc) is 3.17. The molecule has 3 N–H and O–H groups in total. The molecule has 0 aliphatic heterocycles. The maximum atomic E-state index is 12.1. The van der Waals surface area contributed by atoms with Crippen LogP contribution in [0.4, 0.5) is 0 Å². The normalized spacial score (nSPS) is 14.2. The molecule has 0 fully saturated rings. The number of aliphatic hydroxyl groups excluding tert-OH is 1. The summed E-state index contributed by atoms with van der Waals surface area (Å²) in [6, 6.07) is 0. The molecule has 0 aromatic heterocycles. The highest BCUT2D eigenvalue weighted by Crippen LogP contribution is 2.42. The van der Waals surface area contributed by atoms with Crippen molar-refractivity contribution >= 4 is 19.7 Å². The Bertz CT molecular complexity index is 1170. The third-order valence-electron chi connectivity index (χ3n) is 8.31. The van der Waals surface area contributed by atoms with E-state index in [1.807, 2.05) is 0 Å². The Kier molecular flexibility index (Phi) is 38.8. The van der Waals surface area contributed by atoms with Crippen LogP contribution in [0.15, 0.2) is 85.1 Å². The monoisotopic (exact) mass is 790 g/mol. The lowest BCUT2D eigenvalue weighted by atomic mass is 10.1. The maximum Gasteiger partial charge on any atom is 0.472 e. The largest absolute Gasteiger partial charge is 0.472 e. The van der Waals surface area contributed by atoms with Gasteiger partial charge in [-0.2, -0.15) is 0 Å². The molecule has 2 atom stereocenters. The van der Waals surface area contributed by atoms with Crippen LogP contribution in [0, 0.1) is 0 Å². The van der Waals surface area contributed by atoms with Crippen molar-refractivity contribution in [3.05, 3.63) is 85.1 Å². The predicted molar refractivity (Wildman–Crippen MR) is 229 cm³/mol. The number of ether oxygens (including phenoxy) is 1. The van der Waals surface area contributed by atoms with Gasteiger partial charge in [0.15, 0.2) is 0 Å². The Balaban J connectivity index is 3.72. The number of phosphoric acid groups is 1. The highest BCUT2D eigenvalue weighted by Gasteiger charge is 2.23. The molecular formula is C45H76NO8P. The zero-order valence-corrected chi connectivity index (χ0v) is 35.2. The number of carbonyl (C=O) groups excluding carboxylic acids is 2. The van der Waals surface area contributed by atoms with Crippen molar-refractivity contribution in [2.24, 2.45) is 0 Å². The molecule has 55 heavy (non-hydrogen) atoms. The van der Waals surface area contributed by atoms with Crippen LogP contribution in [0.5, 0.6) is 0 Å². The average molecular weight is 790 g/mol. The molecule has 0 heterocycles. The second-order valence-electron chi connectivity index (χ2n) is 13.6. The van der Waals surface area contributed by atoms with E-state index in [4.69, 9.17) is 13.8 Å². The lowest BCUT2D eigenvalue weighted by molar-refractivity contribution is -0.147. The summed E-state index contributed by atoms with van der Waals surface area (Å²) in [5.41, 5.74) is 0. The third kappa shape index (κ3) is 42.2. The predicted octanol–water partition coefficient (Wildman–Crippen LogP) is 11.7. The van der Waals surface area contributed by atoms with Gasteiger partial charge in [0.25, 0.3) is 0 Å². The topological polar surface area (TPSA) is 131 Å². The second kappa shape index (κ2) is 40.8. The molecule has 0 saturated carbocycles. The van der Waals surface area contributed by atoms with Crippen molar-refractivity contribution in [2.45, 2.75) is 161 Å². The highest BCUT2D eigenvalue weighted by molar-refractivity contribution is 7.47. The Labute approximate surface area is 334 Å². The Hall–Kier alpha value is -2.81. The molecule has 0 aromatic rings. The van der Waals surface area contributed by atoms with Gasteiger partial charge >= 0.3 is 13.8 Å². The van der Waals surface area contributed by atoms with Gasteiger partial charge < -0.3 is 20.1 Å². The van der Waals surface area contributed by atoms with Crippen molar-refractivity contribution in [1.82, 2.24) is 5.32 Å². The smallest absolute Gasteiger partial charge is 0.463 e. The number of nitrogens with one attached hydrogen (secondary N) is 1. The zero-order chi connectivity index (χ0) is 40.3. The minimum absolute atomic E-state index is 0.0454. The minimum atomic E-state index is -4.44. The summed E-state index contributed by atoms with van der Waals surface area (Å²) in [4.78, 5) is 33.9. The van der Waals surface area contributed by atoms with Crippen molar-refractivity contribution in [3.8, 4) is 0 Å². The van der Waals surface area contributed by atoms with Crippen LogP contribution >= 0.6 is 7.82 Å². The molecule has 0 aliphatic rings. The summed E-state index contributed by atoms with van der Waals surface area (Å²) in [6.45, 7) is 3.31. The Morgan fingerprint density at radius 3 is 1.60 bits per heavy atom. The van der Waals surface area contributed by atoms with E-state index in [0.717, 1.165) is 77.0 Å². The molecule has 0 saturated heterocycles. The number of rotatable bonds is 38. The van der Waals surface area contributed by atoms with E-state index in [0.29, 0.717) is 12.8 Å². The quantitative estimate of drug-likeness (QED) is 0.0244. The van der Waals surface area contributed by atoms with Gasteiger partial charge in [-0.1, -0.05) is 144 Å². The SMILES string of the molecule is CC/C=C\C/C=C\C/C=C\C/C=C\C/C=C\CCCC(=O)NCCOP(=O)(O)OCC(O)COC(=O)CCCCCCCCC/C=C\C/C=C\CCCCC. The molecule has 9 nitrogen and oxygen atoms in total. The molecule has 1 amide bonds. The maximum absolute atomic E-state index is 12.1. The van der Waals surface area contributed by atoms with Crippen LogP contribution in [0.2, 0.25) is 0 Å². The van der Waals surface area contributed by atoms with Crippen molar-refractivity contribution in [1.29, 1.82) is 0 Å². The van der Waals surface area contributed by atoms with E-state index in [2.05, 4.69) is 104 Å². The third-order valence-corrected chi connectivity index (χ3v) is 9.29. The number of phosphoric ester groups is 1. The van der Waals surface area contributed by atoms with Crippen molar-refractivity contribution in [3.63, 3.8) is 0 Å². The first kappa shape index (κ1) is 52.2. The van der Waals surface area contributed by atoms with Crippen LogP contribution < -0.4 is 5.32 Å². The molecule has 10 heteroatoms. The zero-order valence-electron chi connectivity index (χ0n) is 34.3. The van der Waals surface area contributed by atoms with Crippen LogP contribution in [-0.4, -0.2) is 54.3 Å². The number of esters is 1. The molecule has 0 bridgehead atoms. The fourth-order valence-corrected chi connectivity index (χ4v) is 5.91. The summed E-state index contributed by atoms with van der Waals surface area (Å²) < 4.78 is 26.8. The van der Waals surface area contributed by atoms with Gasteiger partial charge in [-0.15, -0.1) is 0 Å². The molecule has 2 unspecified atom stereocenters. The van der Waals surface area contributed by atoms with Crippen molar-refractivity contribution in [2.75, 3.05) is 26.4 Å². The number of aliphatic hydroxyl groups is 1. The van der Waals surface area contributed by atoms with Crippen LogP contribution in [0.1, 0.15) is 155 Å². The van der Waals surface area contributed by atoms with E-state index in [1.165, 1.54) is 44.9 Å². The first-order valence-electron chi connectivity index (χ1n) is 21.1. The van der Waals surface area contributed by atoms with Gasteiger partial charge in [0.2, 0.25) is 5.91 Å². The molecule has 314 valence electrons. The first-order chi connectivity index (χ1) is 26.8. The number of amides is 1. The van der Waals surface area contributed by atoms with Gasteiger partial charge in [0.05, 0.1) is 13.2 Å². The molecule has 0 aliphatic carbocycles. The second-order valence-corrected chi connectivity index (χ2v) is 15.0. The summed E-state index contributed by atoms with van der Waals surface area (Å²) >= 11 is 0. The van der Waals surface area contributed by atoms with Crippen LogP contribution in [-0.2, 0) is 27.9 Å². The summed E-state index contributed by atoms with van der Waals surface area (Å²) in [5.74, 6) is -0.591. The number of hydrogen-bond donors (Lipinski definition) is 3. The minimum Gasteiger partial charge on any atom is -0.463 e. The van der Waals surface area contributed by atoms with E-state index >= 15 is 0 Å². The number of allylic oxidation sites excluding steroid dienone is 14. The molecule has 0 rings (SSSR count). The number of carbonyl (C=O) groups is 2. The lowest BCUT2D eigenvalue weighted by Crippen LogP contribution is -2.27. The first-order valence-corrected chi connectivity index (χ1v) is 22.6. The molecule has 0 aromatic carbocycles. The molecular weight excluding hydrogens is 713 g/mol. The van der Waals surface area contributed by atoms with Gasteiger partial charge in [0.1, 0.15) is 12.7 Å². The Morgan fingerprint density at radius 2 is 1.05 bits per heavy atom. The molecule has 0 radical (unpaired) electrons. The van der Waals surface area contributed by atoms with Crippen LogP contribution in [0.3, 0.4) is 0 Å². The summed E-state index contributed by atoms with van der Waals surface area (Å²) in [7, 11) is -4.44. The highest BCUT2D eigenvalue weighted by atomic mass is 31.2. The van der Waals surface area contributed by atoms with Crippen LogP contribution in [0.25, 0.3) is 0 Å². The van der Waals surface area contributed by atoms with E-state index in [1.54, 1.807) is 0 Å². The van der Waals surface area contributed by atoms with Gasteiger partial charge in [0, 0.05) is 19.4 Å². The summed E-state index contributed by atoms with van der Waals surface area (Å²) in [6.07, 6.45) is 50.9. The summed E-state index contributed by atoms with van der Waals surface area (Å²) in [5, 5.41) is 12.6. The number of unbranched alkanes of at least 4 members (excludes halogenated alkanes) is 11. The lowest BCUT2D eigenvalue weighted by Gasteiger charge is -2.15. The number of hydrogen-bond acceptors (Lipinski definition) is 7. The van der Waals surface area contributed by atoms with E-state index < -0.39 is 26.5 Å². The van der Waals surface area contributed by atoms with Crippen molar-refractivity contribution < 1.29 is 37.9 Å². The van der Waals surface area contributed by atoms with Gasteiger partial charge in [-0.05, 0) is 83.5 Å². The van der Waals surface area contributed by atoms with E-state index in [9.17, 15) is 24.2 Å². The van der Waals surface area contributed by atoms with Gasteiger partial charge in [-0.3, -0.25) is 18.6 Å². The van der Waals surface area contributed by atoms with Gasteiger partial charge in [-0.25, -0.2) is 4.57 Å². The molecule has 0 spiro atoms. The Morgan fingerprint density at radius 1 is 0.582 bits per heavy atom. The van der Waals surface area contributed by atoms with E-state index in [-0.39, 0.29) is 32.1 Å². The fraction of sp³-hybridized carbons (Fsp3) is 0.644.